The number of halogens is 2. The number of pyridine rings is 1. The lowest BCUT2D eigenvalue weighted by Gasteiger charge is -2.37. The number of nitrogens with two attached hydrogens (primary N) is 1. The number of piperidine rings is 1. The number of hydrogen-bond acceptors (Lipinski definition) is 6. The number of hydrogen-bond donors (Lipinski definition) is 2. The molecule has 2 heterocycles. The van der Waals surface area contributed by atoms with E-state index >= 15 is 0 Å². The highest BCUT2D eigenvalue weighted by Crippen LogP contribution is 2.27. The molecule has 33 heavy (non-hydrogen) atoms. The molecule has 0 spiro atoms. The van der Waals surface area contributed by atoms with Crippen LogP contribution in [0.3, 0.4) is 0 Å². The van der Waals surface area contributed by atoms with Gasteiger partial charge in [-0.2, -0.15) is 0 Å². The third-order valence-corrected chi connectivity index (χ3v) is 6.29. The van der Waals surface area contributed by atoms with Crippen molar-refractivity contribution in [2.45, 2.75) is 32.7 Å². The Morgan fingerprint density at radius 2 is 2.06 bits per heavy atom. The van der Waals surface area contributed by atoms with Crippen LogP contribution in [0.2, 0.25) is 10.0 Å². The van der Waals surface area contributed by atoms with E-state index in [1.165, 1.54) is 6.34 Å². The van der Waals surface area contributed by atoms with Crippen molar-refractivity contribution >= 4 is 46.8 Å². The molecule has 9 heteroatoms. The maximum absolute atomic E-state index is 7.87. The minimum atomic E-state index is 0.276. The first-order chi connectivity index (χ1) is 15.9. The summed E-state index contributed by atoms with van der Waals surface area (Å²) >= 11 is 12.0. The van der Waals surface area contributed by atoms with E-state index in [0.717, 1.165) is 43.9 Å². The van der Waals surface area contributed by atoms with Crippen molar-refractivity contribution < 1.29 is 4.74 Å². The molecule has 0 amide bonds. The number of nitrogens with one attached hydrogen (secondary N) is 1. The first-order valence-electron chi connectivity index (χ1n) is 10.9. The number of aryl methyl sites for hydroxylation is 1. The molecule has 1 aliphatic heterocycles. The molecule has 3 rings (SSSR count). The third-order valence-electron chi connectivity index (χ3n) is 5.55. The summed E-state index contributed by atoms with van der Waals surface area (Å²) in [6, 6.07) is 9.43. The highest BCUT2D eigenvalue weighted by Gasteiger charge is 2.25. The molecule has 0 saturated carbocycles. The van der Waals surface area contributed by atoms with Gasteiger partial charge in [0.05, 0.1) is 22.1 Å². The van der Waals surface area contributed by atoms with Gasteiger partial charge in [-0.15, -0.1) is 0 Å². The lowest BCUT2D eigenvalue weighted by atomic mass is 10.0. The molecule has 0 bridgehead atoms. The third kappa shape index (κ3) is 7.19. The Bertz CT molecular complexity index is 1020. The summed E-state index contributed by atoms with van der Waals surface area (Å²) in [5.74, 6) is 1.19. The fourth-order valence-corrected chi connectivity index (χ4v) is 4.13. The van der Waals surface area contributed by atoms with E-state index in [-0.39, 0.29) is 6.04 Å². The van der Waals surface area contributed by atoms with Gasteiger partial charge >= 0.3 is 0 Å². The van der Waals surface area contributed by atoms with Gasteiger partial charge in [0.2, 0.25) is 0 Å². The molecule has 7 nitrogen and oxygen atoms in total. The molecule has 3 N–H and O–H groups in total. The predicted octanol–water partition coefficient (Wildman–Crippen LogP) is 5.18. The monoisotopic (exact) mass is 488 g/mol. The van der Waals surface area contributed by atoms with Crippen LogP contribution in [0, 0.1) is 12.3 Å². The minimum Gasteiger partial charge on any atom is -0.478 e. The summed E-state index contributed by atoms with van der Waals surface area (Å²) in [7, 11) is 0. The van der Waals surface area contributed by atoms with Gasteiger partial charge in [0.1, 0.15) is 12.4 Å². The molecular weight excluding hydrogens is 459 g/mol. The largest absolute Gasteiger partial charge is 0.478 e. The Hall–Kier alpha value is -2.61. The molecule has 1 saturated heterocycles. The van der Waals surface area contributed by atoms with Gasteiger partial charge in [0.25, 0.3) is 0 Å². The standard InChI is InChI=1S/C24H30Cl2N6O/c1-17-4-3-9-29-24(17)32(16-27)20-7-10-31(11-8-20)12-13-33-23(28)14-18(2)30-19-5-6-21(25)22(26)15-19/h3-6,9,14-16,20,27H,7-8,10-13,28H2,1-2H3. The van der Waals surface area contributed by atoms with Crippen LogP contribution in [-0.2, 0) is 4.74 Å². The van der Waals surface area contributed by atoms with Crippen molar-refractivity contribution in [3.05, 3.63) is 64.1 Å². The topological polar surface area (TPSA) is 90.8 Å². The van der Waals surface area contributed by atoms with Crippen LogP contribution in [0.5, 0.6) is 0 Å². The Kier molecular flexibility index (Phi) is 9.11. The Balaban J connectivity index is 1.45. The predicted molar refractivity (Wildman–Crippen MR) is 137 cm³/mol. The second-order valence-corrected chi connectivity index (χ2v) is 8.81. The van der Waals surface area contributed by atoms with Gasteiger partial charge in [0.15, 0.2) is 5.88 Å². The summed E-state index contributed by atoms with van der Waals surface area (Å²) in [4.78, 5) is 13.3. The van der Waals surface area contributed by atoms with Crippen molar-refractivity contribution in [3.8, 4) is 0 Å². The highest BCUT2D eigenvalue weighted by atomic mass is 35.5. The lowest BCUT2D eigenvalue weighted by molar-refractivity contribution is 0.137. The number of allylic oxidation sites excluding steroid dienone is 1. The normalized spacial score (nSPS) is 16.0. The van der Waals surface area contributed by atoms with Gasteiger partial charge in [-0.3, -0.25) is 15.3 Å². The van der Waals surface area contributed by atoms with Gasteiger partial charge in [-0.05, 0) is 56.5 Å². The zero-order chi connectivity index (χ0) is 23.8. The molecule has 1 fully saturated rings. The van der Waals surface area contributed by atoms with Gasteiger partial charge in [-0.1, -0.05) is 29.3 Å². The van der Waals surface area contributed by atoms with Gasteiger partial charge in [0, 0.05) is 43.7 Å². The highest BCUT2D eigenvalue weighted by molar-refractivity contribution is 6.42. The van der Waals surface area contributed by atoms with E-state index in [4.69, 9.17) is 39.1 Å². The van der Waals surface area contributed by atoms with Crippen molar-refractivity contribution in [3.63, 3.8) is 0 Å². The van der Waals surface area contributed by atoms with Crippen LogP contribution < -0.4 is 10.6 Å². The maximum Gasteiger partial charge on any atom is 0.185 e. The van der Waals surface area contributed by atoms with Gasteiger partial charge in [-0.25, -0.2) is 4.98 Å². The zero-order valence-corrected chi connectivity index (χ0v) is 20.5. The number of nitrogens with zero attached hydrogens (tertiary/aromatic N) is 4. The van der Waals surface area contributed by atoms with E-state index in [1.807, 2.05) is 30.9 Å². The number of aliphatic imine (C=N–C) groups is 1. The number of benzene rings is 1. The molecule has 1 aromatic heterocycles. The smallest absolute Gasteiger partial charge is 0.185 e. The number of rotatable bonds is 9. The quantitative estimate of drug-likeness (QED) is 0.288. The van der Waals surface area contributed by atoms with E-state index in [2.05, 4.69) is 14.9 Å². The molecule has 0 aliphatic carbocycles. The van der Waals surface area contributed by atoms with E-state index in [1.54, 1.807) is 30.5 Å². The van der Waals surface area contributed by atoms with Gasteiger partial charge < -0.3 is 15.4 Å². The van der Waals surface area contributed by atoms with E-state index in [9.17, 15) is 0 Å². The van der Waals surface area contributed by atoms with Crippen molar-refractivity contribution in [1.82, 2.24) is 9.88 Å². The summed E-state index contributed by atoms with van der Waals surface area (Å²) in [6.45, 7) is 7.04. The number of likely N-dealkylation sites (tertiary alicyclic amines) is 1. The number of ether oxygens (including phenoxy) is 1. The molecule has 0 unspecified atom stereocenters. The molecular formula is C24H30Cl2N6O. The molecule has 0 atom stereocenters. The van der Waals surface area contributed by atoms with Crippen LogP contribution in [0.1, 0.15) is 25.3 Å². The van der Waals surface area contributed by atoms with Crippen LogP contribution in [0.15, 0.2) is 53.5 Å². The molecule has 176 valence electrons. The van der Waals surface area contributed by atoms with Crippen LogP contribution in [-0.4, -0.2) is 54.2 Å². The van der Waals surface area contributed by atoms with E-state index < -0.39 is 0 Å². The Morgan fingerprint density at radius 1 is 1.30 bits per heavy atom. The number of anilines is 1. The Morgan fingerprint density at radius 3 is 2.73 bits per heavy atom. The first-order valence-corrected chi connectivity index (χ1v) is 11.7. The second kappa shape index (κ2) is 12.0. The summed E-state index contributed by atoms with van der Waals surface area (Å²) in [5, 5.41) is 8.82. The summed E-state index contributed by atoms with van der Waals surface area (Å²) in [5.41, 5.74) is 8.50. The van der Waals surface area contributed by atoms with Crippen molar-refractivity contribution in [2.75, 3.05) is 31.1 Å². The molecule has 1 aliphatic rings. The fraction of sp³-hybridized carbons (Fsp3) is 0.375. The zero-order valence-electron chi connectivity index (χ0n) is 19.0. The van der Waals surface area contributed by atoms with Crippen LogP contribution in [0.25, 0.3) is 0 Å². The summed E-state index contributed by atoms with van der Waals surface area (Å²) in [6.07, 6.45) is 6.80. The number of aromatic nitrogens is 1. The maximum atomic E-state index is 7.87. The van der Waals surface area contributed by atoms with Crippen molar-refractivity contribution in [1.29, 1.82) is 5.41 Å². The van der Waals surface area contributed by atoms with Crippen molar-refractivity contribution in [2.24, 2.45) is 10.7 Å². The minimum absolute atomic E-state index is 0.276. The van der Waals surface area contributed by atoms with Crippen LogP contribution >= 0.6 is 23.2 Å². The molecule has 0 radical (unpaired) electrons. The molecule has 1 aromatic carbocycles. The fourth-order valence-electron chi connectivity index (χ4n) is 3.84. The van der Waals surface area contributed by atoms with Crippen LogP contribution in [0.4, 0.5) is 11.5 Å². The molecule has 2 aromatic rings. The SMILES string of the molecule is CC(C=C(N)OCCN1CCC(N(C=N)c2ncccc2C)CC1)=Nc1ccc(Cl)c(Cl)c1. The average molecular weight is 489 g/mol. The summed E-state index contributed by atoms with van der Waals surface area (Å²) < 4.78 is 5.69. The second-order valence-electron chi connectivity index (χ2n) is 8.00. The lowest BCUT2D eigenvalue weighted by Crippen LogP contribution is -2.45. The average Bonchev–Trinajstić information content (AvgIpc) is 2.79. The first kappa shape index (κ1) is 25.0. The Labute approximate surface area is 205 Å². The van der Waals surface area contributed by atoms with E-state index in [0.29, 0.717) is 33.9 Å².